The quantitative estimate of drug-likeness (QED) is 0.580. The maximum Gasteiger partial charge on any atom is 0.326 e. The van der Waals surface area contributed by atoms with Gasteiger partial charge in [-0.25, -0.2) is 0 Å². The van der Waals surface area contributed by atoms with Gasteiger partial charge >= 0.3 is 17.9 Å². The lowest BCUT2D eigenvalue weighted by atomic mass is 9.79. The molecular formula is C15H25NO6. The monoisotopic (exact) mass is 315 g/mol. The third-order valence-electron chi connectivity index (χ3n) is 3.90. The molecule has 1 aliphatic rings. The highest BCUT2D eigenvalue weighted by Crippen LogP contribution is 2.30. The van der Waals surface area contributed by atoms with Crippen LogP contribution in [0.4, 0.5) is 0 Å². The Morgan fingerprint density at radius 2 is 1.68 bits per heavy atom. The highest BCUT2D eigenvalue weighted by atomic mass is 16.7. The maximum atomic E-state index is 11.8. The van der Waals surface area contributed by atoms with E-state index in [2.05, 4.69) is 0 Å². The van der Waals surface area contributed by atoms with E-state index in [1.165, 1.54) is 0 Å². The number of carbonyl (C=O) groups excluding carboxylic acids is 2. The van der Waals surface area contributed by atoms with Crippen molar-refractivity contribution in [3.8, 4) is 0 Å². The van der Waals surface area contributed by atoms with Crippen LogP contribution in [0.5, 0.6) is 0 Å². The summed E-state index contributed by atoms with van der Waals surface area (Å²) in [6.45, 7) is 4.64. The van der Waals surface area contributed by atoms with Crippen molar-refractivity contribution in [2.45, 2.75) is 52.5 Å². The van der Waals surface area contributed by atoms with Gasteiger partial charge in [0.25, 0.3) is 0 Å². The van der Waals surface area contributed by atoms with Gasteiger partial charge in [-0.05, 0) is 52.4 Å². The second kappa shape index (κ2) is 7.58. The van der Waals surface area contributed by atoms with E-state index in [4.69, 9.17) is 20.3 Å². The largest absolute Gasteiger partial charge is 0.481 e. The number of hydrogen-bond donors (Lipinski definition) is 2. The molecule has 0 saturated heterocycles. The summed E-state index contributed by atoms with van der Waals surface area (Å²) in [7, 11) is 0. The van der Waals surface area contributed by atoms with Crippen molar-refractivity contribution in [3.05, 3.63) is 0 Å². The van der Waals surface area contributed by atoms with Crippen molar-refractivity contribution in [1.82, 2.24) is 0 Å². The zero-order valence-corrected chi connectivity index (χ0v) is 13.3. The van der Waals surface area contributed by atoms with Crippen molar-refractivity contribution < 1.29 is 29.0 Å². The molecule has 7 heteroatoms. The third-order valence-corrected chi connectivity index (χ3v) is 3.90. The smallest absolute Gasteiger partial charge is 0.326 e. The summed E-state index contributed by atoms with van der Waals surface area (Å²) in [6, 6.07) is -0.817. The molecule has 0 bridgehead atoms. The standard InChI is InChI=1S/C15H25NO6/c1-15(2,3)14(20)22-8-21-13(19)11(16)9-4-6-10(7-5-9)12(17)18/h9-11H,4-8,16H2,1-3H3,(H,17,18)/t9?,10?,11-/m0/s1. The Hall–Kier alpha value is -1.63. The molecule has 0 unspecified atom stereocenters. The summed E-state index contributed by atoms with van der Waals surface area (Å²) >= 11 is 0. The molecule has 0 aromatic carbocycles. The zero-order valence-electron chi connectivity index (χ0n) is 13.3. The zero-order chi connectivity index (χ0) is 16.9. The van der Waals surface area contributed by atoms with E-state index in [-0.39, 0.29) is 11.8 Å². The molecule has 1 atom stereocenters. The lowest BCUT2D eigenvalue weighted by molar-refractivity contribution is -0.174. The second-order valence-corrected chi connectivity index (χ2v) is 6.74. The van der Waals surface area contributed by atoms with E-state index in [1.54, 1.807) is 20.8 Å². The van der Waals surface area contributed by atoms with Gasteiger partial charge in [0.1, 0.15) is 6.04 Å². The molecule has 1 saturated carbocycles. The highest BCUT2D eigenvalue weighted by Gasteiger charge is 2.33. The van der Waals surface area contributed by atoms with Crippen LogP contribution in [0.2, 0.25) is 0 Å². The Labute approximate surface area is 130 Å². The lowest BCUT2D eigenvalue weighted by Gasteiger charge is -2.29. The van der Waals surface area contributed by atoms with Gasteiger partial charge in [0, 0.05) is 0 Å². The number of carboxylic acid groups (broad SMARTS) is 1. The number of aliphatic carboxylic acids is 1. The van der Waals surface area contributed by atoms with Gasteiger partial charge in [0.15, 0.2) is 0 Å². The van der Waals surface area contributed by atoms with E-state index >= 15 is 0 Å². The van der Waals surface area contributed by atoms with E-state index in [0.717, 1.165) is 0 Å². The molecule has 0 aromatic heterocycles. The molecule has 0 amide bonds. The third kappa shape index (κ3) is 5.29. The van der Waals surface area contributed by atoms with Crippen LogP contribution in [-0.4, -0.2) is 35.8 Å². The second-order valence-electron chi connectivity index (χ2n) is 6.74. The number of carboxylic acids is 1. The Balaban J connectivity index is 2.34. The van der Waals surface area contributed by atoms with Gasteiger partial charge in [-0.2, -0.15) is 0 Å². The van der Waals surface area contributed by atoms with Crippen LogP contribution >= 0.6 is 0 Å². The van der Waals surface area contributed by atoms with E-state index in [0.29, 0.717) is 25.7 Å². The SMILES string of the molecule is CC(C)(C)C(=O)OCOC(=O)[C@@H](N)C1CCC(C(=O)O)CC1. The fraction of sp³-hybridized carbons (Fsp3) is 0.800. The molecule has 0 aliphatic heterocycles. The molecule has 3 N–H and O–H groups in total. The first-order valence-electron chi connectivity index (χ1n) is 7.45. The van der Waals surface area contributed by atoms with Crippen LogP contribution < -0.4 is 5.73 Å². The Kier molecular flexibility index (Phi) is 6.34. The maximum absolute atomic E-state index is 11.8. The minimum absolute atomic E-state index is 0.0959. The van der Waals surface area contributed by atoms with Crippen LogP contribution in [0.3, 0.4) is 0 Å². The minimum Gasteiger partial charge on any atom is -0.481 e. The van der Waals surface area contributed by atoms with Gasteiger partial charge in [-0.1, -0.05) is 0 Å². The van der Waals surface area contributed by atoms with Crippen LogP contribution in [0.15, 0.2) is 0 Å². The summed E-state index contributed by atoms with van der Waals surface area (Å²) in [6.07, 6.45) is 2.18. The molecule has 1 fully saturated rings. The first-order chi connectivity index (χ1) is 10.1. The van der Waals surface area contributed by atoms with Gasteiger partial charge in [-0.3, -0.25) is 14.4 Å². The average molecular weight is 315 g/mol. The van der Waals surface area contributed by atoms with E-state index < -0.39 is 36.2 Å². The predicted molar refractivity (Wildman–Crippen MR) is 77.6 cm³/mol. The minimum atomic E-state index is -0.817. The number of nitrogens with two attached hydrogens (primary N) is 1. The molecular weight excluding hydrogens is 290 g/mol. The molecule has 0 radical (unpaired) electrons. The summed E-state index contributed by atoms with van der Waals surface area (Å²) in [5.74, 6) is -2.34. The molecule has 0 aromatic rings. The Morgan fingerprint density at radius 1 is 1.14 bits per heavy atom. The molecule has 0 spiro atoms. The van der Waals surface area contributed by atoms with Gasteiger partial charge in [0.2, 0.25) is 6.79 Å². The van der Waals surface area contributed by atoms with Crippen LogP contribution in [-0.2, 0) is 23.9 Å². The summed E-state index contributed by atoms with van der Waals surface area (Å²) in [5, 5.41) is 8.93. The van der Waals surface area contributed by atoms with Crippen molar-refractivity contribution >= 4 is 17.9 Å². The molecule has 126 valence electrons. The molecule has 22 heavy (non-hydrogen) atoms. The first-order valence-corrected chi connectivity index (χ1v) is 7.45. The molecule has 1 aliphatic carbocycles. The fourth-order valence-corrected chi connectivity index (χ4v) is 2.37. The van der Waals surface area contributed by atoms with Crippen LogP contribution in [0.25, 0.3) is 0 Å². The molecule has 1 rings (SSSR count). The van der Waals surface area contributed by atoms with Gasteiger partial charge < -0.3 is 20.3 Å². The van der Waals surface area contributed by atoms with Crippen molar-refractivity contribution in [2.75, 3.05) is 6.79 Å². The summed E-state index contributed by atoms with van der Waals surface area (Å²) < 4.78 is 9.72. The van der Waals surface area contributed by atoms with Crippen molar-refractivity contribution in [2.24, 2.45) is 23.0 Å². The molecule has 0 heterocycles. The Morgan fingerprint density at radius 3 is 2.14 bits per heavy atom. The highest BCUT2D eigenvalue weighted by molar-refractivity contribution is 5.77. The lowest BCUT2D eigenvalue weighted by Crippen LogP contribution is -2.42. The topological polar surface area (TPSA) is 116 Å². The van der Waals surface area contributed by atoms with Gasteiger partial charge in [-0.15, -0.1) is 0 Å². The summed E-state index contributed by atoms with van der Waals surface area (Å²) in [4.78, 5) is 34.2. The van der Waals surface area contributed by atoms with E-state index in [9.17, 15) is 14.4 Å². The first kappa shape index (κ1) is 18.4. The normalized spacial score (nSPS) is 23.5. The number of ether oxygens (including phenoxy) is 2. The Bertz CT molecular complexity index is 420. The molecule has 7 nitrogen and oxygen atoms in total. The number of rotatable bonds is 5. The number of esters is 2. The fourth-order valence-electron chi connectivity index (χ4n) is 2.37. The van der Waals surface area contributed by atoms with E-state index in [1.807, 2.05) is 0 Å². The van der Waals surface area contributed by atoms with Crippen LogP contribution in [0.1, 0.15) is 46.5 Å². The van der Waals surface area contributed by atoms with Crippen molar-refractivity contribution in [3.63, 3.8) is 0 Å². The average Bonchev–Trinajstić information content (AvgIpc) is 2.45. The predicted octanol–water partition coefficient (Wildman–Crippen LogP) is 1.29. The number of carbonyl (C=O) groups is 3. The number of hydrogen-bond acceptors (Lipinski definition) is 6. The van der Waals surface area contributed by atoms with Crippen molar-refractivity contribution in [1.29, 1.82) is 0 Å². The summed E-state index contributed by atoms with van der Waals surface area (Å²) in [5.41, 5.74) is 5.19. The van der Waals surface area contributed by atoms with Crippen LogP contribution in [0, 0.1) is 17.3 Å². The van der Waals surface area contributed by atoms with Gasteiger partial charge in [0.05, 0.1) is 11.3 Å².